The molecule has 12 heavy (non-hydrogen) atoms. The fourth-order valence-electron chi connectivity index (χ4n) is 1.31. The van der Waals surface area contributed by atoms with Crippen molar-refractivity contribution >= 4 is 0 Å². The molecule has 0 aromatic rings. The van der Waals surface area contributed by atoms with E-state index in [9.17, 15) is 10.2 Å². The van der Waals surface area contributed by atoms with E-state index in [0.29, 0.717) is 18.6 Å². The molecular weight excluding hydrogens is 154 g/mol. The van der Waals surface area contributed by atoms with Crippen LogP contribution in [0.1, 0.15) is 27.7 Å². The fraction of sp³-hybridized carbons (Fsp3) is 1.00. The summed E-state index contributed by atoms with van der Waals surface area (Å²) in [5.74, 6) is 0. The zero-order chi connectivity index (χ0) is 9.72. The van der Waals surface area contributed by atoms with Crippen molar-refractivity contribution in [1.29, 1.82) is 0 Å². The molecule has 0 aromatic carbocycles. The van der Waals surface area contributed by atoms with Crippen LogP contribution in [0.25, 0.3) is 0 Å². The van der Waals surface area contributed by atoms with Gasteiger partial charge in [-0.05, 0) is 27.7 Å². The van der Waals surface area contributed by atoms with Crippen molar-refractivity contribution in [1.82, 2.24) is 4.90 Å². The van der Waals surface area contributed by atoms with Crippen molar-refractivity contribution in [3.63, 3.8) is 0 Å². The second kappa shape index (κ2) is 5.51. The average Bonchev–Trinajstić information content (AvgIpc) is 1.98. The van der Waals surface area contributed by atoms with E-state index in [-0.39, 0.29) is 0 Å². The quantitative estimate of drug-likeness (QED) is 0.673. The van der Waals surface area contributed by atoms with Gasteiger partial charge in [0.15, 0.2) is 0 Å². The molecule has 1 N–H and O–H groups in total. The van der Waals surface area contributed by atoms with Crippen LogP contribution in [0.15, 0.2) is 0 Å². The lowest BCUT2D eigenvalue weighted by Crippen LogP contribution is -2.43. The van der Waals surface area contributed by atoms with Gasteiger partial charge in [0, 0.05) is 18.6 Å². The number of hydrogen-bond donors (Lipinski definition) is 1. The lowest BCUT2D eigenvalue weighted by atomic mass is 10.2. The second-order valence-corrected chi connectivity index (χ2v) is 3.70. The third-order valence-corrected chi connectivity index (χ3v) is 1.94. The Morgan fingerprint density at radius 3 is 1.83 bits per heavy atom. The van der Waals surface area contributed by atoms with Gasteiger partial charge in [0.2, 0.25) is 0 Å². The molecular formula is C9H20NO2. The highest BCUT2D eigenvalue weighted by Gasteiger charge is 2.16. The minimum absolute atomic E-state index is 0.381. The lowest BCUT2D eigenvalue weighted by Gasteiger charge is -2.31. The zero-order valence-electron chi connectivity index (χ0n) is 8.45. The van der Waals surface area contributed by atoms with Crippen LogP contribution in [0.4, 0.5) is 0 Å². The third-order valence-electron chi connectivity index (χ3n) is 1.94. The van der Waals surface area contributed by atoms with E-state index in [1.807, 2.05) is 0 Å². The Labute approximate surface area is 75.0 Å². The first-order valence-electron chi connectivity index (χ1n) is 4.51. The van der Waals surface area contributed by atoms with Crippen molar-refractivity contribution < 1.29 is 10.2 Å². The van der Waals surface area contributed by atoms with Crippen molar-refractivity contribution in [2.45, 2.75) is 45.9 Å². The van der Waals surface area contributed by atoms with Crippen LogP contribution in [0.5, 0.6) is 0 Å². The molecule has 0 spiro atoms. The highest BCUT2D eigenvalue weighted by Crippen LogP contribution is 2.05. The summed E-state index contributed by atoms with van der Waals surface area (Å²) in [5.41, 5.74) is 0. The number of aliphatic hydroxyl groups excluding tert-OH is 1. The maximum absolute atomic E-state index is 10.3. The molecule has 0 saturated heterocycles. The van der Waals surface area contributed by atoms with Gasteiger partial charge in [-0.15, -0.1) is 0 Å². The summed E-state index contributed by atoms with van der Waals surface area (Å²) in [6.07, 6.45) is -0.727. The van der Waals surface area contributed by atoms with Gasteiger partial charge in [-0.25, -0.2) is 5.11 Å². The molecule has 0 saturated carbocycles. The van der Waals surface area contributed by atoms with E-state index in [2.05, 4.69) is 32.6 Å². The largest absolute Gasteiger partial charge is 0.389 e. The zero-order valence-corrected chi connectivity index (χ0v) is 8.45. The molecule has 0 aromatic heterocycles. The van der Waals surface area contributed by atoms with Crippen LogP contribution in [-0.4, -0.2) is 41.3 Å². The maximum Gasteiger partial charge on any atom is 0.109 e. The third kappa shape index (κ3) is 4.04. The van der Waals surface area contributed by atoms with E-state index in [4.69, 9.17) is 0 Å². The predicted octanol–water partition coefficient (Wildman–Crippen LogP) is 0.897. The Kier molecular flexibility index (Phi) is 5.46. The van der Waals surface area contributed by atoms with Gasteiger partial charge in [0.25, 0.3) is 0 Å². The summed E-state index contributed by atoms with van der Waals surface area (Å²) < 4.78 is 0. The summed E-state index contributed by atoms with van der Waals surface area (Å²) in [6.45, 7) is 8.35. The molecule has 73 valence electrons. The van der Waals surface area contributed by atoms with Crippen LogP contribution in [0.2, 0.25) is 0 Å². The summed E-state index contributed by atoms with van der Waals surface area (Å²) in [5, 5.41) is 19.5. The maximum atomic E-state index is 10.3. The number of nitrogens with zero attached hydrogens (tertiary/aromatic N) is 1. The molecule has 1 radical (unpaired) electrons. The number of rotatable bonds is 5. The molecule has 0 aliphatic rings. The van der Waals surface area contributed by atoms with Crippen LogP contribution in [0, 0.1) is 0 Å². The van der Waals surface area contributed by atoms with E-state index in [1.165, 1.54) is 0 Å². The number of aliphatic hydroxyl groups is 1. The molecule has 0 aliphatic carbocycles. The Hall–Kier alpha value is -0.120. The van der Waals surface area contributed by atoms with Gasteiger partial charge < -0.3 is 5.11 Å². The van der Waals surface area contributed by atoms with Crippen molar-refractivity contribution in [2.75, 3.05) is 13.2 Å². The smallest absolute Gasteiger partial charge is 0.109 e. The SMILES string of the molecule is CC(C)N(CC(O)C[O])C(C)C. The Morgan fingerprint density at radius 2 is 1.58 bits per heavy atom. The first kappa shape index (κ1) is 11.9. The monoisotopic (exact) mass is 174 g/mol. The van der Waals surface area contributed by atoms with Crippen molar-refractivity contribution in [3.05, 3.63) is 0 Å². The van der Waals surface area contributed by atoms with Gasteiger partial charge in [-0.1, -0.05) is 0 Å². The molecule has 0 heterocycles. The lowest BCUT2D eigenvalue weighted by molar-refractivity contribution is 0.0142. The van der Waals surface area contributed by atoms with Crippen LogP contribution in [0.3, 0.4) is 0 Å². The highest BCUT2D eigenvalue weighted by molar-refractivity contribution is 4.70. The summed E-state index contributed by atoms with van der Waals surface area (Å²) in [6, 6.07) is 0.761. The normalized spacial score (nSPS) is 14.8. The molecule has 3 nitrogen and oxygen atoms in total. The van der Waals surface area contributed by atoms with Gasteiger partial charge in [-0.2, -0.15) is 0 Å². The first-order valence-corrected chi connectivity index (χ1v) is 4.51. The van der Waals surface area contributed by atoms with Crippen LogP contribution in [-0.2, 0) is 5.11 Å². The van der Waals surface area contributed by atoms with E-state index in [0.717, 1.165) is 0 Å². The minimum Gasteiger partial charge on any atom is -0.389 e. The topological polar surface area (TPSA) is 43.4 Å². The van der Waals surface area contributed by atoms with Gasteiger partial charge >= 0.3 is 0 Å². The van der Waals surface area contributed by atoms with E-state index >= 15 is 0 Å². The standard InChI is InChI=1S/C9H20NO2/c1-7(2)10(8(3)4)5-9(12)6-11/h7-9,12H,5-6H2,1-4H3. The molecule has 0 bridgehead atoms. The molecule has 3 heteroatoms. The van der Waals surface area contributed by atoms with Gasteiger partial charge in [-0.3, -0.25) is 4.90 Å². The molecule has 0 amide bonds. The molecule has 0 fully saturated rings. The predicted molar refractivity (Wildman–Crippen MR) is 48.5 cm³/mol. The van der Waals surface area contributed by atoms with E-state index in [1.54, 1.807) is 0 Å². The molecule has 0 rings (SSSR count). The number of hydrogen-bond acceptors (Lipinski definition) is 2. The van der Waals surface area contributed by atoms with Gasteiger partial charge in [0.05, 0.1) is 6.10 Å². The highest BCUT2D eigenvalue weighted by atomic mass is 16.3. The molecule has 1 atom stereocenters. The van der Waals surface area contributed by atoms with E-state index < -0.39 is 12.7 Å². The first-order chi connectivity index (χ1) is 5.49. The van der Waals surface area contributed by atoms with Crippen LogP contribution < -0.4 is 0 Å². The Bertz CT molecular complexity index is 107. The summed E-state index contributed by atoms with van der Waals surface area (Å²) in [7, 11) is 0. The second-order valence-electron chi connectivity index (χ2n) is 3.70. The average molecular weight is 174 g/mol. The van der Waals surface area contributed by atoms with Crippen molar-refractivity contribution in [3.8, 4) is 0 Å². The fourth-order valence-corrected chi connectivity index (χ4v) is 1.31. The summed E-state index contributed by atoms with van der Waals surface area (Å²) >= 11 is 0. The summed E-state index contributed by atoms with van der Waals surface area (Å²) in [4.78, 5) is 2.11. The molecule has 0 aliphatic heterocycles. The van der Waals surface area contributed by atoms with Crippen LogP contribution >= 0.6 is 0 Å². The molecule has 1 unspecified atom stereocenters. The Balaban J connectivity index is 3.95. The minimum atomic E-state index is -0.727. The van der Waals surface area contributed by atoms with Crippen molar-refractivity contribution in [2.24, 2.45) is 0 Å². The Morgan fingerprint density at radius 1 is 1.17 bits per heavy atom. The van der Waals surface area contributed by atoms with Gasteiger partial charge in [0.1, 0.15) is 6.61 Å².